The fourth-order valence-electron chi connectivity index (χ4n) is 3.60. The maximum Gasteiger partial charge on any atom is 0.254 e. The number of carbonyl (C=O) groups is 1. The SMILES string of the molecule is C=C1C2=C(CCCC2)C(=O)N1C1CCCCC1. The first-order valence-electron chi connectivity index (χ1n) is 7.04. The Hall–Kier alpha value is -1.05. The fourth-order valence-corrected chi connectivity index (χ4v) is 3.60. The lowest BCUT2D eigenvalue weighted by Crippen LogP contribution is -2.37. The Bertz CT molecular complexity index is 360. The van der Waals surface area contributed by atoms with Gasteiger partial charge in [-0.3, -0.25) is 4.79 Å². The maximum absolute atomic E-state index is 12.5. The van der Waals surface area contributed by atoms with Gasteiger partial charge in [-0.2, -0.15) is 0 Å². The maximum atomic E-state index is 12.5. The molecule has 0 spiro atoms. The summed E-state index contributed by atoms with van der Waals surface area (Å²) >= 11 is 0. The molecular weight excluding hydrogens is 210 g/mol. The number of hydrogen-bond donors (Lipinski definition) is 0. The lowest BCUT2D eigenvalue weighted by molar-refractivity contribution is -0.126. The molecule has 2 nitrogen and oxygen atoms in total. The Morgan fingerprint density at radius 1 is 0.941 bits per heavy atom. The van der Waals surface area contributed by atoms with Gasteiger partial charge in [0.1, 0.15) is 0 Å². The first kappa shape index (κ1) is 11.1. The second-order valence-electron chi connectivity index (χ2n) is 5.58. The minimum Gasteiger partial charge on any atom is -0.306 e. The molecule has 2 aliphatic carbocycles. The zero-order valence-corrected chi connectivity index (χ0v) is 10.5. The van der Waals surface area contributed by atoms with Gasteiger partial charge in [-0.15, -0.1) is 0 Å². The molecule has 0 atom stereocenters. The van der Waals surface area contributed by atoms with E-state index in [9.17, 15) is 4.79 Å². The highest BCUT2D eigenvalue weighted by molar-refractivity contribution is 6.00. The fraction of sp³-hybridized carbons (Fsp3) is 0.667. The summed E-state index contributed by atoms with van der Waals surface area (Å²) in [5, 5.41) is 0. The van der Waals surface area contributed by atoms with Gasteiger partial charge in [0.05, 0.1) is 0 Å². The average Bonchev–Trinajstić information content (AvgIpc) is 2.64. The molecule has 1 aliphatic heterocycles. The lowest BCUT2D eigenvalue weighted by Gasteiger charge is -2.32. The van der Waals surface area contributed by atoms with Crippen LogP contribution < -0.4 is 0 Å². The van der Waals surface area contributed by atoms with Crippen LogP contribution in [-0.2, 0) is 4.79 Å². The molecule has 1 amide bonds. The van der Waals surface area contributed by atoms with E-state index in [1.807, 2.05) is 4.90 Å². The van der Waals surface area contributed by atoms with Gasteiger partial charge in [-0.25, -0.2) is 0 Å². The molecule has 3 aliphatic rings. The van der Waals surface area contributed by atoms with E-state index in [0.717, 1.165) is 24.1 Å². The molecule has 0 aromatic heterocycles. The van der Waals surface area contributed by atoms with Crippen molar-refractivity contribution in [3.63, 3.8) is 0 Å². The zero-order valence-electron chi connectivity index (χ0n) is 10.5. The van der Waals surface area contributed by atoms with Crippen LogP contribution in [0, 0.1) is 0 Å². The number of rotatable bonds is 1. The van der Waals surface area contributed by atoms with E-state index in [-0.39, 0.29) is 5.91 Å². The van der Waals surface area contributed by atoms with E-state index in [1.54, 1.807) is 0 Å². The van der Waals surface area contributed by atoms with E-state index in [4.69, 9.17) is 0 Å². The van der Waals surface area contributed by atoms with Crippen molar-refractivity contribution in [2.45, 2.75) is 63.8 Å². The van der Waals surface area contributed by atoms with Gasteiger partial charge in [0.25, 0.3) is 5.91 Å². The van der Waals surface area contributed by atoms with Crippen molar-refractivity contribution in [3.8, 4) is 0 Å². The van der Waals surface area contributed by atoms with Crippen LogP contribution in [-0.4, -0.2) is 16.8 Å². The van der Waals surface area contributed by atoms with Gasteiger partial charge < -0.3 is 4.90 Å². The smallest absolute Gasteiger partial charge is 0.254 e. The van der Waals surface area contributed by atoms with Crippen LogP contribution in [0.4, 0.5) is 0 Å². The third-order valence-electron chi connectivity index (χ3n) is 4.52. The molecule has 1 heterocycles. The molecule has 92 valence electrons. The Morgan fingerprint density at radius 3 is 2.24 bits per heavy atom. The highest BCUT2D eigenvalue weighted by Crippen LogP contribution is 2.41. The van der Waals surface area contributed by atoms with Crippen LogP contribution >= 0.6 is 0 Å². The van der Waals surface area contributed by atoms with Crippen molar-refractivity contribution in [1.82, 2.24) is 4.90 Å². The van der Waals surface area contributed by atoms with Crippen molar-refractivity contribution < 1.29 is 4.79 Å². The topological polar surface area (TPSA) is 20.3 Å². The number of hydrogen-bond acceptors (Lipinski definition) is 1. The molecule has 0 radical (unpaired) electrons. The molecule has 0 aromatic rings. The van der Waals surface area contributed by atoms with Crippen molar-refractivity contribution in [3.05, 3.63) is 23.4 Å². The first-order valence-corrected chi connectivity index (χ1v) is 7.04. The van der Waals surface area contributed by atoms with E-state index in [2.05, 4.69) is 6.58 Å². The summed E-state index contributed by atoms with van der Waals surface area (Å²) < 4.78 is 0. The van der Waals surface area contributed by atoms with E-state index in [0.29, 0.717) is 6.04 Å². The molecule has 3 rings (SSSR count). The standard InChI is InChI=1S/C15H21NO/c1-11-13-9-5-6-10-14(13)15(17)16(11)12-7-3-2-4-8-12/h12H,1-10H2. The Morgan fingerprint density at radius 2 is 1.59 bits per heavy atom. The Kier molecular flexibility index (Phi) is 2.81. The van der Waals surface area contributed by atoms with Gasteiger partial charge in [-0.05, 0) is 44.1 Å². The number of nitrogens with zero attached hydrogens (tertiary/aromatic N) is 1. The van der Waals surface area contributed by atoms with Gasteiger partial charge in [0.15, 0.2) is 0 Å². The minimum absolute atomic E-state index is 0.289. The predicted octanol–water partition coefficient (Wildman–Crippen LogP) is 3.55. The van der Waals surface area contributed by atoms with Gasteiger partial charge >= 0.3 is 0 Å². The molecule has 0 aromatic carbocycles. The highest BCUT2D eigenvalue weighted by atomic mass is 16.2. The van der Waals surface area contributed by atoms with Crippen molar-refractivity contribution in [2.75, 3.05) is 0 Å². The molecule has 0 bridgehead atoms. The number of carbonyl (C=O) groups excluding carboxylic acids is 1. The van der Waals surface area contributed by atoms with Gasteiger partial charge in [-0.1, -0.05) is 25.8 Å². The number of allylic oxidation sites excluding steroid dienone is 1. The highest BCUT2D eigenvalue weighted by Gasteiger charge is 2.38. The van der Waals surface area contributed by atoms with Crippen LogP contribution in [0.25, 0.3) is 0 Å². The van der Waals surface area contributed by atoms with Crippen LogP contribution in [0.3, 0.4) is 0 Å². The summed E-state index contributed by atoms with van der Waals surface area (Å²) in [5.41, 5.74) is 3.41. The van der Waals surface area contributed by atoms with E-state index in [1.165, 1.54) is 50.5 Å². The van der Waals surface area contributed by atoms with Crippen LogP contribution in [0.15, 0.2) is 23.4 Å². The molecule has 0 unspecified atom stereocenters. The van der Waals surface area contributed by atoms with E-state index < -0.39 is 0 Å². The number of amides is 1. The van der Waals surface area contributed by atoms with Gasteiger partial charge in [0.2, 0.25) is 0 Å². The van der Waals surface area contributed by atoms with Crippen LogP contribution in [0.5, 0.6) is 0 Å². The summed E-state index contributed by atoms with van der Waals surface area (Å²) in [4.78, 5) is 14.5. The van der Waals surface area contributed by atoms with Crippen molar-refractivity contribution >= 4 is 5.91 Å². The van der Waals surface area contributed by atoms with E-state index >= 15 is 0 Å². The molecule has 0 saturated heterocycles. The molecule has 1 fully saturated rings. The summed E-state index contributed by atoms with van der Waals surface area (Å²) in [6.45, 7) is 4.19. The Balaban J connectivity index is 1.84. The minimum atomic E-state index is 0.289. The molecule has 1 saturated carbocycles. The molecular formula is C15H21NO. The summed E-state index contributed by atoms with van der Waals surface area (Å²) in [7, 11) is 0. The monoisotopic (exact) mass is 231 g/mol. The average molecular weight is 231 g/mol. The molecule has 2 heteroatoms. The van der Waals surface area contributed by atoms with Crippen LogP contribution in [0.1, 0.15) is 57.8 Å². The zero-order chi connectivity index (χ0) is 11.8. The second kappa shape index (κ2) is 4.32. The molecule has 0 N–H and O–H groups in total. The van der Waals surface area contributed by atoms with Crippen molar-refractivity contribution in [1.29, 1.82) is 0 Å². The quantitative estimate of drug-likeness (QED) is 0.676. The largest absolute Gasteiger partial charge is 0.306 e. The second-order valence-corrected chi connectivity index (χ2v) is 5.58. The van der Waals surface area contributed by atoms with Crippen molar-refractivity contribution in [2.24, 2.45) is 0 Å². The first-order chi connectivity index (χ1) is 8.29. The third-order valence-corrected chi connectivity index (χ3v) is 4.52. The normalized spacial score (nSPS) is 26.7. The summed E-state index contributed by atoms with van der Waals surface area (Å²) in [6.07, 6.45) is 10.7. The predicted molar refractivity (Wildman–Crippen MR) is 68.4 cm³/mol. The van der Waals surface area contributed by atoms with Crippen LogP contribution in [0.2, 0.25) is 0 Å². The molecule has 17 heavy (non-hydrogen) atoms. The summed E-state index contributed by atoms with van der Waals surface area (Å²) in [6, 6.07) is 0.439. The summed E-state index contributed by atoms with van der Waals surface area (Å²) in [5.74, 6) is 0.289. The lowest BCUT2D eigenvalue weighted by atomic mass is 9.92. The Labute approximate surface area is 103 Å². The third kappa shape index (κ3) is 1.74. The van der Waals surface area contributed by atoms with Gasteiger partial charge in [0, 0.05) is 17.3 Å².